The highest BCUT2D eigenvalue weighted by atomic mass is 16.5. The molecule has 27 heavy (non-hydrogen) atoms. The minimum atomic E-state index is -0.487. The minimum Gasteiger partial charge on any atom is -0.484 e. The van der Waals surface area contributed by atoms with Crippen molar-refractivity contribution in [1.29, 1.82) is 0 Å². The molecule has 3 N–H and O–H groups in total. The number of hydrogen-bond acceptors (Lipinski definition) is 4. The molecule has 1 heterocycles. The number of primary amides is 1. The first-order chi connectivity index (χ1) is 13.1. The number of nitrogens with zero attached hydrogens (tertiary/aromatic N) is 2. The molecule has 0 radical (unpaired) electrons. The number of amides is 1. The molecule has 150 valence electrons. The molecule has 0 aromatic heterocycles. The number of nitrogens with one attached hydrogen (secondary N) is 1. The number of rotatable bonds is 9. The van der Waals surface area contributed by atoms with Gasteiger partial charge in [0, 0.05) is 33.4 Å². The van der Waals surface area contributed by atoms with Crippen LogP contribution >= 0.6 is 0 Å². The zero-order valence-electron chi connectivity index (χ0n) is 16.4. The normalized spacial score (nSPS) is 15.4. The van der Waals surface area contributed by atoms with Crippen LogP contribution in [0.2, 0.25) is 0 Å². The number of nitrogens with two attached hydrogens (primary N) is 1. The third-order valence-corrected chi connectivity index (χ3v) is 4.60. The standard InChI is InChI=1S/C20H32N4O3/c1-3-22-20(24(2)10-7-16-8-11-26-12-9-16)23-14-17-5-4-6-18(13-17)27-15-19(21)25/h4-6,13,16H,3,7-12,14-15H2,1-2H3,(H2,21,25)(H,22,23). The van der Waals surface area contributed by atoms with Crippen LogP contribution in [-0.2, 0) is 16.1 Å². The molecule has 2 rings (SSSR count). The summed E-state index contributed by atoms with van der Waals surface area (Å²) >= 11 is 0. The summed E-state index contributed by atoms with van der Waals surface area (Å²) in [6.07, 6.45) is 3.46. The topological polar surface area (TPSA) is 89.2 Å². The van der Waals surface area contributed by atoms with E-state index in [0.717, 1.165) is 63.0 Å². The fraction of sp³-hybridized carbons (Fsp3) is 0.600. The van der Waals surface area contributed by atoms with E-state index in [4.69, 9.17) is 20.2 Å². The predicted octanol–water partition coefficient (Wildman–Crippen LogP) is 1.76. The van der Waals surface area contributed by atoms with Gasteiger partial charge in [0.2, 0.25) is 0 Å². The van der Waals surface area contributed by atoms with Crippen LogP contribution in [0.15, 0.2) is 29.3 Å². The average Bonchev–Trinajstić information content (AvgIpc) is 2.69. The van der Waals surface area contributed by atoms with Crippen molar-refractivity contribution in [2.24, 2.45) is 16.6 Å². The summed E-state index contributed by atoms with van der Waals surface area (Å²) in [4.78, 5) is 17.8. The number of benzene rings is 1. The molecule has 0 saturated carbocycles. The molecule has 1 aromatic rings. The Hall–Kier alpha value is -2.28. The molecule has 1 fully saturated rings. The van der Waals surface area contributed by atoms with E-state index in [-0.39, 0.29) is 6.61 Å². The van der Waals surface area contributed by atoms with E-state index in [2.05, 4.69) is 24.2 Å². The molecular formula is C20H32N4O3. The zero-order valence-corrected chi connectivity index (χ0v) is 16.4. The molecule has 0 bridgehead atoms. The highest BCUT2D eigenvalue weighted by Gasteiger charge is 2.15. The van der Waals surface area contributed by atoms with E-state index in [0.29, 0.717) is 12.3 Å². The van der Waals surface area contributed by atoms with Gasteiger partial charge in [0.15, 0.2) is 12.6 Å². The lowest BCUT2D eigenvalue weighted by molar-refractivity contribution is -0.119. The summed E-state index contributed by atoms with van der Waals surface area (Å²) in [5.74, 6) is 1.77. The molecule has 1 saturated heterocycles. The van der Waals surface area contributed by atoms with Crippen LogP contribution in [0.25, 0.3) is 0 Å². The molecule has 0 spiro atoms. The number of carbonyl (C=O) groups excluding carboxylic acids is 1. The van der Waals surface area contributed by atoms with Gasteiger partial charge in [-0.15, -0.1) is 0 Å². The number of guanidine groups is 1. The second kappa shape index (κ2) is 11.4. The fourth-order valence-electron chi connectivity index (χ4n) is 3.04. The lowest BCUT2D eigenvalue weighted by Gasteiger charge is -2.26. The Morgan fingerprint density at radius 3 is 2.89 bits per heavy atom. The first-order valence-electron chi connectivity index (χ1n) is 9.65. The van der Waals surface area contributed by atoms with E-state index in [1.54, 1.807) is 6.07 Å². The Kier molecular flexibility index (Phi) is 8.91. The molecule has 7 heteroatoms. The van der Waals surface area contributed by atoms with Crippen molar-refractivity contribution >= 4 is 11.9 Å². The molecule has 1 aliphatic heterocycles. The summed E-state index contributed by atoms with van der Waals surface area (Å²) < 4.78 is 10.8. The molecular weight excluding hydrogens is 344 g/mol. The van der Waals surface area contributed by atoms with Crippen LogP contribution in [0, 0.1) is 5.92 Å². The Balaban J connectivity index is 1.91. The molecule has 1 aromatic carbocycles. The molecule has 0 unspecified atom stereocenters. The SMILES string of the molecule is CCNC(=NCc1cccc(OCC(N)=O)c1)N(C)CCC1CCOCC1. The Morgan fingerprint density at radius 1 is 1.41 bits per heavy atom. The lowest BCUT2D eigenvalue weighted by atomic mass is 9.96. The van der Waals surface area contributed by atoms with Crippen LogP contribution in [0.4, 0.5) is 0 Å². The van der Waals surface area contributed by atoms with Gasteiger partial charge in [0.25, 0.3) is 5.91 Å². The maximum atomic E-state index is 10.8. The second-order valence-electron chi connectivity index (χ2n) is 6.84. The maximum Gasteiger partial charge on any atom is 0.255 e. The molecule has 1 aliphatic rings. The van der Waals surface area contributed by atoms with Crippen molar-refractivity contribution in [2.45, 2.75) is 32.7 Å². The van der Waals surface area contributed by atoms with E-state index < -0.39 is 5.91 Å². The Bertz CT molecular complexity index is 615. The largest absolute Gasteiger partial charge is 0.484 e. The van der Waals surface area contributed by atoms with Crippen molar-refractivity contribution < 1.29 is 14.3 Å². The number of carbonyl (C=O) groups is 1. The quantitative estimate of drug-likeness (QED) is 0.506. The summed E-state index contributed by atoms with van der Waals surface area (Å²) in [7, 11) is 2.08. The van der Waals surface area contributed by atoms with Gasteiger partial charge in [-0.1, -0.05) is 12.1 Å². The van der Waals surface area contributed by atoms with Gasteiger partial charge in [0.1, 0.15) is 5.75 Å². The van der Waals surface area contributed by atoms with Crippen LogP contribution in [0.5, 0.6) is 5.75 Å². The lowest BCUT2D eigenvalue weighted by Crippen LogP contribution is -2.40. The van der Waals surface area contributed by atoms with Crippen molar-refractivity contribution in [3.05, 3.63) is 29.8 Å². The summed E-state index contributed by atoms with van der Waals surface area (Å²) in [6, 6.07) is 7.58. The minimum absolute atomic E-state index is 0.121. The number of hydrogen-bond donors (Lipinski definition) is 2. The monoisotopic (exact) mass is 376 g/mol. The van der Waals surface area contributed by atoms with Gasteiger partial charge >= 0.3 is 0 Å². The number of aliphatic imine (C=N–C) groups is 1. The summed E-state index contributed by atoms with van der Waals surface area (Å²) in [5.41, 5.74) is 6.14. The maximum absolute atomic E-state index is 10.8. The van der Waals surface area contributed by atoms with Crippen LogP contribution in [-0.4, -0.2) is 56.7 Å². The molecule has 0 atom stereocenters. The van der Waals surface area contributed by atoms with Gasteiger partial charge in [-0.2, -0.15) is 0 Å². The van der Waals surface area contributed by atoms with E-state index >= 15 is 0 Å². The Morgan fingerprint density at radius 2 is 2.19 bits per heavy atom. The van der Waals surface area contributed by atoms with Gasteiger partial charge in [-0.05, 0) is 49.8 Å². The van der Waals surface area contributed by atoms with E-state index in [1.807, 2.05) is 18.2 Å². The molecule has 7 nitrogen and oxygen atoms in total. The van der Waals surface area contributed by atoms with Crippen molar-refractivity contribution in [3.8, 4) is 5.75 Å². The van der Waals surface area contributed by atoms with E-state index in [9.17, 15) is 4.79 Å². The zero-order chi connectivity index (χ0) is 19.5. The van der Waals surface area contributed by atoms with Crippen molar-refractivity contribution in [2.75, 3.05) is 40.0 Å². The second-order valence-corrected chi connectivity index (χ2v) is 6.84. The van der Waals surface area contributed by atoms with Crippen LogP contribution in [0.3, 0.4) is 0 Å². The fourth-order valence-corrected chi connectivity index (χ4v) is 3.04. The van der Waals surface area contributed by atoms with Crippen LogP contribution in [0.1, 0.15) is 31.7 Å². The van der Waals surface area contributed by atoms with Gasteiger partial charge in [-0.25, -0.2) is 4.99 Å². The van der Waals surface area contributed by atoms with Gasteiger partial charge in [0.05, 0.1) is 6.54 Å². The van der Waals surface area contributed by atoms with Crippen molar-refractivity contribution in [3.63, 3.8) is 0 Å². The first kappa shape index (κ1) is 21.0. The molecule has 1 amide bonds. The van der Waals surface area contributed by atoms with E-state index in [1.165, 1.54) is 0 Å². The first-order valence-corrected chi connectivity index (χ1v) is 9.65. The van der Waals surface area contributed by atoms with Crippen LogP contribution < -0.4 is 15.8 Å². The third kappa shape index (κ3) is 7.86. The highest BCUT2D eigenvalue weighted by molar-refractivity contribution is 5.79. The molecule has 0 aliphatic carbocycles. The summed E-state index contributed by atoms with van der Waals surface area (Å²) in [5, 5.41) is 3.35. The Labute approximate surface area is 161 Å². The number of ether oxygens (including phenoxy) is 2. The third-order valence-electron chi connectivity index (χ3n) is 4.60. The average molecular weight is 377 g/mol. The predicted molar refractivity (Wildman–Crippen MR) is 107 cm³/mol. The smallest absolute Gasteiger partial charge is 0.255 e. The van der Waals surface area contributed by atoms with Gasteiger partial charge in [-0.3, -0.25) is 4.79 Å². The highest BCUT2D eigenvalue weighted by Crippen LogP contribution is 2.18. The van der Waals surface area contributed by atoms with Gasteiger partial charge < -0.3 is 25.4 Å². The summed E-state index contributed by atoms with van der Waals surface area (Å²) in [6.45, 7) is 6.05. The van der Waals surface area contributed by atoms with Crippen molar-refractivity contribution in [1.82, 2.24) is 10.2 Å².